The van der Waals surface area contributed by atoms with E-state index in [0.29, 0.717) is 12.5 Å². The third kappa shape index (κ3) is 3.62. The number of aromatic nitrogens is 2. The van der Waals surface area contributed by atoms with Gasteiger partial charge in [0.2, 0.25) is 16.0 Å². The van der Waals surface area contributed by atoms with E-state index < -0.39 is 10.0 Å². The molecule has 90 valence electrons. The molecule has 2 N–H and O–H groups in total. The molecule has 6 nitrogen and oxygen atoms in total. The highest BCUT2D eigenvalue weighted by molar-refractivity contribution is 7.98. The first-order valence-corrected chi connectivity index (χ1v) is 7.46. The van der Waals surface area contributed by atoms with E-state index in [-0.39, 0.29) is 4.90 Å². The van der Waals surface area contributed by atoms with Crippen molar-refractivity contribution in [2.75, 3.05) is 30.9 Å². The van der Waals surface area contributed by atoms with Crippen molar-refractivity contribution in [3.63, 3.8) is 0 Å². The normalized spacial score (nSPS) is 11.4. The Balaban J connectivity index is 2.74. The fourth-order valence-electron chi connectivity index (χ4n) is 0.945. The van der Waals surface area contributed by atoms with Gasteiger partial charge in [-0.05, 0) is 6.26 Å². The number of anilines is 1. The summed E-state index contributed by atoms with van der Waals surface area (Å²) < 4.78 is 25.8. The number of hydrogen-bond donors (Lipinski definition) is 2. The largest absolute Gasteiger partial charge is 0.357 e. The molecule has 0 saturated heterocycles. The number of hydrogen-bond acceptors (Lipinski definition) is 6. The van der Waals surface area contributed by atoms with Gasteiger partial charge in [-0.3, -0.25) is 0 Å². The molecular weight excluding hydrogens is 248 g/mol. The van der Waals surface area contributed by atoms with Gasteiger partial charge in [0.05, 0.1) is 12.4 Å². The Hall–Kier alpha value is -0.860. The number of thioether (sulfide) groups is 1. The predicted molar refractivity (Wildman–Crippen MR) is 65.1 cm³/mol. The third-order valence-electron chi connectivity index (χ3n) is 1.76. The quantitative estimate of drug-likeness (QED) is 0.711. The van der Waals surface area contributed by atoms with Gasteiger partial charge in [0.15, 0.2) is 0 Å². The van der Waals surface area contributed by atoms with Crippen LogP contribution < -0.4 is 10.0 Å². The van der Waals surface area contributed by atoms with Crippen LogP contribution in [0.1, 0.15) is 0 Å². The van der Waals surface area contributed by atoms with E-state index >= 15 is 0 Å². The van der Waals surface area contributed by atoms with E-state index in [1.165, 1.54) is 12.4 Å². The van der Waals surface area contributed by atoms with E-state index in [4.69, 9.17) is 0 Å². The Morgan fingerprint density at radius 1 is 1.38 bits per heavy atom. The smallest absolute Gasteiger partial charge is 0.243 e. The maximum Gasteiger partial charge on any atom is 0.243 e. The number of sulfonamides is 1. The summed E-state index contributed by atoms with van der Waals surface area (Å²) in [5, 5.41) is 2.72. The molecule has 8 heteroatoms. The van der Waals surface area contributed by atoms with Crippen LogP contribution in [0.25, 0.3) is 0 Å². The predicted octanol–water partition coefficient (Wildman–Crippen LogP) is 0.160. The zero-order valence-corrected chi connectivity index (χ0v) is 10.7. The van der Waals surface area contributed by atoms with Gasteiger partial charge >= 0.3 is 0 Å². The molecule has 0 fully saturated rings. The Morgan fingerprint density at radius 3 is 2.50 bits per heavy atom. The van der Waals surface area contributed by atoms with Gasteiger partial charge in [-0.15, -0.1) is 0 Å². The molecule has 0 aliphatic heterocycles. The van der Waals surface area contributed by atoms with Crippen molar-refractivity contribution in [2.24, 2.45) is 0 Å². The second kappa shape index (κ2) is 6.02. The van der Waals surface area contributed by atoms with Crippen molar-refractivity contribution in [3.05, 3.63) is 12.4 Å². The van der Waals surface area contributed by atoms with Crippen molar-refractivity contribution in [3.8, 4) is 0 Å². The van der Waals surface area contributed by atoms with Crippen LogP contribution in [0.3, 0.4) is 0 Å². The molecule has 0 aliphatic rings. The summed E-state index contributed by atoms with van der Waals surface area (Å²) in [7, 11) is -1.81. The molecule has 0 bridgehead atoms. The monoisotopic (exact) mass is 262 g/mol. The van der Waals surface area contributed by atoms with Crippen molar-refractivity contribution in [2.45, 2.75) is 4.90 Å². The van der Waals surface area contributed by atoms with Gasteiger partial charge in [0.25, 0.3) is 0 Å². The van der Waals surface area contributed by atoms with Crippen molar-refractivity contribution < 1.29 is 8.42 Å². The lowest BCUT2D eigenvalue weighted by Gasteiger charge is -2.05. The van der Waals surface area contributed by atoms with Crippen molar-refractivity contribution in [1.82, 2.24) is 14.7 Å². The Bertz CT molecular complexity index is 418. The standard InChI is InChI=1S/C8H14N4O2S2/c1-9-8-10-5-7(6-11-8)16(13,14)12-3-4-15-2/h5-6,12H,3-4H2,1-2H3,(H,9,10,11). The van der Waals surface area contributed by atoms with Gasteiger partial charge in [0, 0.05) is 19.3 Å². The fraction of sp³-hybridized carbons (Fsp3) is 0.500. The van der Waals surface area contributed by atoms with Crippen LogP contribution in [0.15, 0.2) is 17.3 Å². The molecule has 1 rings (SSSR count). The molecule has 1 heterocycles. The minimum atomic E-state index is -3.47. The first-order valence-electron chi connectivity index (χ1n) is 4.58. The van der Waals surface area contributed by atoms with Crippen molar-refractivity contribution >= 4 is 27.7 Å². The molecule has 0 aromatic carbocycles. The van der Waals surface area contributed by atoms with Crippen LogP contribution in [0.4, 0.5) is 5.95 Å². The first-order chi connectivity index (χ1) is 7.60. The van der Waals surface area contributed by atoms with Gasteiger partial charge in [-0.1, -0.05) is 0 Å². The lowest BCUT2D eigenvalue weighted by atomic mass is 10.7. The maximum absolute atomic E-state index is 11.7. The average Bonchev–Trinajstić information content (AvgIpc) is 2.29. The van der Waals surface area contributed by atoms with Crippen LogP contribution in [-0.4, -0.2) is 44.0 Å². The van der Waals surface area contributed by atoms with Gasteiger partial charge in [0.1, 0.15) is 4.90 Å². The molecule has 16 heavy (non-hydrogen) atoms. The highest BCUT2D eigenvalue weighted by Crippen LogP contribution is 2.06. The topological polar surface area (TPSA) is 84.0 Å². The van der Waals surface area contributed by atoms with E-state index in [1.54, 1.807) is 18.8 Å². The van der Waals surface area contributed by atoms with Crippen LogP contribution in [0.5, 0.6) is 0 Å². The van der Waals surface area contributed by atoms with Crippen LogP contribution in [-0.2, 0) is 10.0 Å². The Kier molecular flexibility index (Phi) is 4.97. The second-order valence-corrected chi connectivity index (χ2v) is 5.64. The molecule has 0 spiro atoms. The average molecular weight is 262 g/mol. The number of rotatable bonds is 6. The molecule has 0 amide bonds. The summed E-state index contributed by atoms with van der Waals surface area (Å²) in [6.45, 7) is 0.400. The summed E-state index contributed by atoms with van der Waals surface area (Å²) in [4.78, 5) is 7.77. The summed E-state index contributed by atoms with van der Waals surface area (Å²) in [6.07, 6.45) is 4.47. The highest BCUT2D eigenvalue weighted by Gasteiger charge is 2.13. The maximum atomic E-state index is 11.7. The molecule has 0 aliphatic carbocycles. The fourth-order valence-corrected chi connectivity index (χ4v) is 2.30. The summed E-state index contributed by atoms with van der Waals surface area (Å²) in [6, 6.07) is 0. The minimum absolute atomic E-state index is 0.0765. The second-order valence-electron chi connectivity index (χ2n) is 2.88. The van der Waals surface area contributed by atoms with E-state index in [2.05, 4.69) is 20.0 Å². The molecule has 0 saturated carbocycles. The molecule has 0 atom stereocenters. The zero-order chi connectivity index (χ0) is 12.0. The lowest BCUT2D eigenvalue weighted by Crippen LogP contribution is -2.26. The van der Waals surface area contributed by atoms with E-state index in [9.17, 15) is 8.42 Å². The Morgan fingerprint density at radius 2 is 2.00 bits per heavy atom. The summed E-state index contributed by atoms with van der Waals surface area (Å²) in [5.41, 5.74) is 0. The van der Waals surface area contributed by atoms with Crippen molar-refractivity contribution in [1.29, 1.82) is 0 Å². The van der Waals surface area contributed by atoms with E-state index in [0.717, 1.165) is 5.75 Å². The first kappa shape index (κ1) is 13.2. The summed E-state index contributed by atoms with van der Waals surface area (Å²) >= 11 is 1.58. The summed E-state index contributed by atoms with van der Waals surface area (Å²) in [5.74, 6) is 1.12. The van der Waals surface area contributed by atoms with Crippen LogP contribution in [0.2, 0.25) is 0 Å². The Labute approximate surface area is 99.3 Å². The minimum Gasteiger partial charge on any atom is -0.357 e. The third-order valence-corrected chi connectivity index (χ3v) is 3.79. The zero-order valence-electron chi connectivity index (χ0n) is 9.10. The molecular formula is C8H14N4O2S2. The van der Waals surface area contributed by atoms with Gasteiger partial charge in [-0.2, -0.15) is 11.8 Å². The molecule has 1 aromatic rings. The molecule has 0 unspecified atom stereocenters. The van der Waals surface area contributed by atoms with Gasteiger partial charge in [-0.25, -0.2) is 23.1 Å². The van der Waals surface area contributed by atoms with Gasteiger partial charge < -0.3 is 5.32 Å². The van der Waals surface area contributed by atoms with E-state index in [1.807, 2.05) is 6.26 Å². The lowest BCUT2D eigenvalue weighted by molar-refractivity contribution is 0.583. The van der Waals surface area contributed by atoms with Crippen LogP contribution in [0, 0.1) is 0 Å². The SMILES string of the molecule is CNc1ncc(S(=O)(=O)NCCSC)cn1. The van der Waals surface area contributed by atoms with Crippen LogP contribution >= 0.6 is 11.8 Å². The number of nitrogens with one attached hydrogen (secondary N) is 2. The number of nitrogens with zero attached hydrogens (tertiary/aromatic N) is 2. The highest BCUT2D eigenvalue weighted by atomic mass is 32.2. The molecule has 0 radical (unpaired) electrons. The molecule has 1 aromatic heterocycles.